The summed E-state index contributed by atoms with van der Waals surface area (Å²) in [6, 6.07) is 0. The van der Waals surface area contributed by atoms with Gasteiger partial charge in [0.15, 0.2) is 0 Å². The van der Waals surface area contributed by atoms with E-state index in [2.05, 4.69) is 23.7 Å². The molecular formula is C16H29N3O. The Morgan fingerprint density at radius 1 is 1.30 bits per heavy atom. The molecule has 2 heterocycles. The summed E-state index contributed by atoms with van der Waals surface area (Å²) in [6.45, 7) is 8.01. The van der Waals surface area contributed by atoms with Crippen molar-refractivity contribution < 1.29 is 5.11 Å². The van der Waals surface area contributed by atoms with Gasteiger partial charge in [0.25, 0.3) is 0 Å². The van der Waals surface area contributed by atoms with Gasteiger partial charge in [-0.25, -0.2) is 4.98 Å². The SMILES string of the molecule is CCC(CC)CN1CCC(C(O)c2nccn2C)CC1. The van der Waals surface area contributed by atoms with Crippen LogP contribution in [-0.4, -0.2) is 39.2 Å². The molecule has 0 aromatic carbocycles. The van der Waals surface area contributed by atoms with Crippen LogP contribution in [0.4, 0.5) is 0 Å². The highest BCUT2D eigenvalue weighted by Gasteiger charge is 2.28. The van der Waals surface area contributed by atoms with Crippen LogP contribution in [0.1, 0.15) is 51.5 Å². The van der Waals surface area contributed by atoms with Crippen LogP contribution in [0.5, 0.6) is 0 Å². The molecule has 0 saturated carbocycles. The molecule has 1 aliphatic rings. The van der Waals surface area contributed by atoms with Crippen LogP contribution in [0, 0.1) is 11.8 Å². The van der Waals surface area contributed by atoms with Crippen molar-refractivity contribution in [2.45, 2.75) is 45.6 Å². The Morgan fingerprint density at radius 2 is 1.95 bits per heavy atom. The average molecular weight is 279 g/mol. The molecule has 1 aromatic rings. The van der Waals surface area contributed by atoms with Crippen molar-refractivity contribution in [3.05, 3.63) is 18.2 Å². The summed E-state index contributed by atoms with van der Waals surface area (Å²) in [5.41, 5.74) is 0. The van der Waals surface area contributed by atoms with Gasteiger partial charge < -0.3 is 14.6 Å². The topological polar surface area (TPSA) is 41.3 Å². The normalized spacial score (nSPS) is 19.6. The third-order valence-corrected chi connectivity index (χ3v) is 4.87. The quantitative estimate of drug-likeness (QED) is 0.870. The minimum absolute atomic E-state index is 0.356. The molecule has 20 heavy (non-hydrogen) atoms. The third-order valence-electron chi connectivity index (χ3n) is 4.87. The van der Waals surface area contributed by atoms with E-state index in [0.29, 0.717) is 5.92 Å². The van der Waals surface area contributed by atoms with Gasteiger partial charge in [0.1, 0.15) is 11.9 Å². The van der Waals surface area contributed by atoms with Crippen LogP contribution in [0.25, 0.3) is 0 Å². The lowest BCUT2D eigenvalue weighted by atomic mass is 9.90. The average Bonchev–Trinajstić information content (AvgIpc) is 2.91. The molecule has 0 radical (unpaired) electrons. The number of hydrogen-bond acceptors (Lipinski definition) is 3. The molecule has 114 valence electrons. The molecule has 1 aromatic heterocycles. The largest absolute Gasteiger partial charge is 0.385 e. The van der Waals surface area contributed by atoms with Crippen molar-refractivity contribution in [3.8, 4) is 0 Å². The summed E-state index contributed by atoms with van der Waals surface area (Å²) in [5.74, 6) is 1.99. The van der Waals surface area contributed by atoms with Crippen LogP contribution < -0.4 is 0 Å². The molecule has 1 saturated heterocycles. The van der Waals surface area contributed by atoms with Crippen molar-refractivity contribution in [1.29, 1.82) is 0 Å². The number of aliphatic hydroxyl groups is 1. The zero-order valence-electron chi connectivity index (χ0n) is 13.1. The Kier molecular flexibility index (Phi) is 5.61. The van der Waals surface area contributed by atoms with Crippen molar-refractivity contribution in [1.82, 2.24) is 14.5 Å². The summed E-state index contributed by atoms with van der Waals surface area (Å²) < 4.78 is 1.93. The molecule has 1 atom stereocenters. The van der Waals surface area contributed by atoms with Crippen LogP contribution in [0.15, 0.2) is 12.4 Å². The first-order valence-corrected chi connectivity index (χ1v) is 8.03. The van der Waals surface area contributed by atoms with E-state index in [1.807, 2.05) is 17.8 Å². The zero-order chi connectivity index (χ0) is 14.5. The second-order valence-corrected chi connectivity index (χ2v) is 6.16. The number of hydrogen-bond donors (Lipinski definition) is 1. The number of aryl methyl sites for hydroxylation is 1. The fourth-order valence-electron chi connectivity index (χ4n) is 3.24. The van der Waals surface area contributed by atoms with E-state index in [4.69, 9.17) is 0 Å². The van der Waals surface area contributed by atoms with Gasteiger partial charge in [-0.2, -0.15) is 0 Å². The molecule has 1 fully saturated rings. The monoisotopic (exact) mass is 279 g/mol. The Morgan fingerprint density at radius 3 is 2.45 bits per heavy atom. The zero-order valence-corrected chi connectivity index (χ0v) is 13.1. The summed E-state index contributed by atoms with van der Waals surface area (Å²) >= 11 is 0. The number of imidazole rings is 1. The van der Waals surface area contributed by atoms with Gasteiger partial charge in [-0.3, -0.25) is 0 Å². The standard InChI is InChI=1S/C16H29N3O/c1-4-13(5-2)12-19-9-6-14(7-10-19)15(20)16-17-8-11-18(16)3/h8,11,13-15,20H,4-7,9-10,12H2,1-3H3. The number of nitrogens with zero attached hydrogens (tertiary/aromatic N) is 3. The van der Waals surface area contributed by atoms with Crippen molar-refractivity contribution >= 4 is 0 Å². The Labute approximate surface area is 122 Å². The predicted octanol–water partition coefficient (Wildman–Crippen LogP) is 2.60. The Hall–Kier alpha value is -0.870. The van der Waals surface area contributed by atoms with Gasteiger partial charge in [0.2, 0.25) is 0 Å². The number of aliphatic hydroxyl groups excluding tert-OH is 1. The van der Waals surface area contributed by atoms with E-state index in [9.17, 15) is 5.11 Å². The van der Waals surface area contributed by atoms with Crippen LogP contribution in [-0.2, 0) is 7.05 Å². The molecule has 0 aliphatic carbocycles. The second-order valence-electron chi connectivity index (χ2n) is 6.16. The van der Waals surface area contributed by atoms with E-state index < -0.39 is 6.10 Å². The first-order valence-electron chi connectivity index (χ1n) is 8.03. The van der Waals surface area contributed by atoms with Gasteiger partial charge in [-0.05, 0) is 37.8 Å². The van der Waals surface area contributed by atoms with E-state index in [1.165, 1.54) is 19.4 Å². The first kappa shape index (κ1) is 15.5. The molecule has 4 nitrogen and oxygen atoms in total. The fourth-order valence-corrected chi connectivity index (χ4v) is 3.24. The highest BCUT2D eigenvalue weighted by atomic mass is 16.3. The first-order chi connectivity index (χ1) is 9.65. The van der Waals surface area contributed by atoms with Crippen LogP contribution >= 0.6 is 0 Å². The molecule has 1 unspecified atom stereocenters. The second kappa shape index (κ2) is 7.23. The predicted molar refractivity (Wildman–Crippen MR) is 81.4 cm³/mol. The van der Waals surface area contributed by atoms with Crippen molar-refractivity contribution in [2.24, 2.45) is 18.9 Å². The van der Waals surface area contributed by atoms with E-state index in [1.54, 1.807) is 6.20 Å². The highest BCUT2D eigenvalue weighted by Crippen LogP contribution is 2.30. The number of piperidine rings is 1. The molecule has 0 spiro atoms. The lowest BCUT2D eigenvalue weighted by molar-refractivity contribution is 0.0466. The minimum Gasteiger partial charge on any atom is -0.385 e. The van der Waals surface area contributed by atoms with Gasteiger partial charge in [0, 0.05) is 26.0 Å². The summed E-state index contributed by atoms with van der Waals surface area (Å²) in [7, 11) is 1.95. The maximum Gasteiger partial charge on any atom is 0.137 e. The molecular weight excluding hydrogens is 250 g/mol. The van der Waals surface area contributed by atoms with Crippen molar-refractivity contribution in [2.75, 3.05) is 19.6 Å². The Bertz CT molecular complexity index is 392. The van der Waals surface area contributed by atoms with E-state index in [0.717, 1.165) is 37.7 Å². The van der Waals surface area contributed by atoms with Gasteiger partial charge in [-0.1, -0.05) is 26.7 Å². The Balaban J connectivity index is 1.83. The molecule has 0 amide bonds. The summed E-state index contributed by atoms with van der Waals surface area (Å²) in [6.07, 6.45) is 7.95. The molecule has 1 N–H and O–H groups in total. The number of likely N-dealkylation sites (tertiary alicyclic amines) is 1. The van der Waals surface area contributed by atoms with E-state index >= 15 is 0 Å². The van der Waals surface area contributed by atoms with Crippen LogP contribution in [0.3, 0.4) is 0 Å². The highest BCUT2D eigenvalue weighted by molar-refractivity contribution is 4.98. The lowest BCUT2D eigenvalue weighted by Crippen LogP contribution is -2.38. The summed E-state index contributed by atoms with van der Waals surface area (Å²) in [5, 5.41) is 10.5. The lowest BCUT2D eigenvalue weighted by Gasteiger charge is -2.35. The smallest absolute Gasteiger partial charge is 0.137 e. The van der Waals surface area contributed by atoms with Gasteiger partial charge in [-0.15, -0.1) is 0 Å². The fraction of sp³-hybridized carbons (Fsp3) is 0.812. The van der Waals surface area contributed by atoms with Gasteiger partial charge in [0.05, 0.1) is 0 Å². The van der Waals surface area contributed by atoms with Crippen molar-refractivity contribution in [3.63, 3.8) is 0 Å². The number of aromatic nitrogens is 2. The minimum atomic E-state index is -0.412. The maximum absolute atomic E-state index is 10.5. The molecule has 0 bridgehead atoms. The van der Waals surface area contributed by atoms with Gasteiger partial charge >= 0.3 is 0 Å². The van der Waals surface area contributed by atoms with E-state index in [-0.39, 0.29) is 0 Å². The molecule has 2 rings (SSSR count). The molecule has 4 heteroatoms. The number of rotatable bonds is 6. The van der Waals surface area contributed by atoms with Crippen LogP contribution in [0.2, 0.25) is 0 Å². The summed E-state index contributed by atoms with van der Waals surface area (Å²) in [4.78, 5) is 6.85. The molecule has 1 aliphatic heterocycles. The maximum atomic E-state index is 10.5. The third kappa shape index (κ3) is 3.61.